The Hall–Kier alpha value is 1.96. The van der Waals surface area contributed by atoms with Crippen LogP contribution in [0.4, 0.5) is 0 Å². The first-order valence-corrected chi connectivity index (χ1v) is 3.44. The molecule has 0 bridgehead atoms. The van der Waals surface area contributed by atoms with Crippen molar-refractivity contribution in [2.24, 2.45) is 0 Å². The summed E-state index contributed by atoms with van der Waals surface area (Å²) in [7, 11) is 0. The second kappa shape index (κ2) is 38.1. The van der Waals surface area contributed by atoms with Gasteiger partial charge in [0, 0.05) is 0 Å². The fraction of sp³-hybridized carbons (Fsp3) is 0. The van der Waals surface area contributed by atoms with Crippen LogP contribution in [-0.4, -0.2) is 50.2 Å². The first-order valence-electron chi connectivity index (χ1n) is 0.577. The molecule has 0 unspecified atom stereocenters. The van der Waals surface area contributed by atoms with Crippen molar-refractivity contribution in [3.63, 3.8) is 0 Å². The van der Waals surface area contributed by atoms with Gasteiger partial charge in [0.25, 0.3) is 0 Å². The normalized spacial score (nSPS) is 1.80. The Morgan fingerprint density at radius 1 is 1.20 bits per heavy atom. The molecule has 0 N–H and O–H groups in total. The fourth-order valence-corrected chi connectivity index (χ4v) is 0. The predicted octanol–water partition coefficient (Wildman–Crippen LogP) is -1.80. The van der Waals surface area contributed by atoms with E-state index < -0.39 is 0 Å². The first kappa shape index (κ1) is 15.8. The second-order valence-electron chi connectivity index (χ2n) is 0. The summed E-state index contributed by atoms with van der Waals surface area (Å²) < 4.78 is 16.8. The van der Waals surface area contributed by atoms with Crippen LogP contribution in [0.2, 0.25) is 0 Å². The van der Waals surface area contributed by atoms with Gasteiger partial charge in [0.2, 0.25) is 0 Å². The van der Waals surface area contributed by atoms with Crippen molar-refractivity contribution in [1.82, 2.24) is 0 Å². The van der Waals surface area contributed by atoms with Crippen molar-refractivity contribution in [3.05, 3.63) is 0 Å². The Morgan fingerprint density at radius 2 is 1.20 bits per heavy atom. The maximum atomic E-state index is 8.42. The van der Waals surface area contributed by atoms with Gasteiger partial charge in [-0.1, -0.05) is 0 Å². The molecule has 23 valence electrons. The summed E-state index contributed by atoms with van der Waals surface area (Å²) in [5.41, 5.74) is 0. The monoisotopic (exact) mass is 329 g/mol. The van der Waals surface area contributed by atoms with Crippen LogP contribution < -0.4 is 0 Å². The van der Waals surface area contributed by atoms with Crippen molar-refractivity contribution >= 4 is 50.2 Å². The zero-order chi connectivity index (χ0) is 4.00. The fourth-order valence-electron chi connectivity index (χ4n) is 0. The summed E-state index contributed by atoms with van der Waals surface area (Å²) in [6, 6.07) is 0. The van der Waals surface area contributed by atoms with Gasteiger partial charge >= 0.3 is 74.9 Å². The Morgan fingerprint density at radius 3 is 1.20 bits per heavy atom. The minimum absolute atomic E-state index is 0. The van der Waals surface area contributed by atoms with Crippen LogP contribution >= 0.6 is 0 Å². The van der Waals surface area contributed by atoms with Gasteiger partial charge in [-0.3, -0.25) is 0 Å². The standard InChI is InChI=1S/2In.2O.Zn.3H. The summed E-state index contributed by atoms with van der Waals surface area (Å²) in [6.07, 6.45) is 0. The molecule has 1 radical (unpaired) electrons. The van der Waals surface area contributed by atoms with E-state index in [1.165, 1.54) is 0 Å². The Kier molecular flexibility index (Phi) is 120. The van der Waals surface area contributed by atoms with Crippen molar-refractivity contribution < 1.29 is 24.7 Å². The van der Waals surface area contributed by atoms with E-state index in [0.717, 1.165) is 0 Å². The molecule has 0 saturated carbocycles. The van der Waals surface area contributed by atoms with Crippen LogP contribution in [0.1, 0.15) is 0 Å². The Bertz CT molecular complexity index is 9.61. The van der Waals surface area contributed by atoms with E-state index in [1.807, 2.05) is 0 Å². The van der Waals surface area contributed by atoms with E-state index in [2.05, 4.69) is 0 Å². The van der Waals surface area contributed by atoms with Crippen LogP contribution in [0.15, 0.2) is 0 Å². The molecule has 0 saturated heterocycles. The topological polar surface area (TPSA) is 34.1 Å². The van der Waals surface area contributed by atoms with Gasteiger partial charge in [0.15, 0.2) is 0 Å². The van der Waals surface area contributed by atoms with E-state index in [9.17, 15) is 0 Å². The molecule has 0 aromatic rings. The number of hydrogen-bond acceptors (Lipinski definition) is 2. The zero-order valence-electron chi connectivity index (χ0n) is 3.23. The summed E-state index contributed by atoms with van der Waals surface area (Å²) in [5, 5.41) is 0. The molecule has 0 aromatic carbocycles. The van der Waals surface area contributed by atoms with Crippen LogP contribution in [-0.2, 0) is 24.7 Å². The molecule has 5 heavy (non-hydrogen) atoms. The predicted molar refractivity (Wildman–Crippen MR) is 17.1 cm³/mol. The van der Waals surface area contributed by atoms with Gasteiger partial charge in [-0.15, -0.1) is 0 Å². The molecule has 2 nitrogen and oxygen atoms in total. The molecule has 0 amide bonds. The molecule has 0 aromatic heterocycles. The Balaban J connectivity index is -0.0000000133. The molecule has 0 aliphatic carbocycles. The summed E-state index contributed by atoms with van der Waals surface area (Å²) in [6.45, 7) is 0. The van der Waals surface area contributed by atoms with E-state index in [1.54, 1.807) is 0 Å². The SMILES string of the molecule is [InH2].[O]=[InH].[O]=[Zn]. The zero-order valence-corrected chi connectivity index (χ0v) is 15.9. The van der Waals surface area contributed by atoms with E-state index in [0.29, 0.717) is 0 Å². The van der Waals surface area contributed by atoms with E-state index in [4.69, 9.17) is 6.43 Å². The molecule has 0 spiro atoms. The maximum absolute atomic E-state index is 8.42. The van der Waals surface area contributed by atoms with Crippen molar-refractivity contribution in [3.8, 4) is 0 Å². The number of hydrogen-bond donors (Lipinski definition) is 0. The average molecular weight is 330 g/mol. The summed E-state index contributed by atoms with van der Waals surface area (Å²) in [4.78, 5) is 0. The van der Waals surface area contributed by atoms with Crippen LogP contribution in [0, 0.1) is 0 Å². The Labute approximate surface area is 73.8 Å². The third-order valence-corrected chi connectivity index (χ3v) is 0. The van der Waals surface area contributed by atoms with Crippen molar-refractivity contribution in [2.45, 2.75) is 0 Å². The molecule has 0 atom stereocenters. The van der Waals surface area contributed by atoms with Gasteiger partial charge < -0.3 is 0 Å². The van der Waals surface area contributed by atoms with E-state index in [-0.39, 0.29) is 68.5 Å². The summed E-state index contributed by atoms with van der Waals surface area (Å²) in [5.74, 6) is 0. The van der Waals surface area contributed by atoms with Gasteiger partial charge in [-0.05, 0) is 0 Å². The summed E-state index contributed by atoms with van der Waals surface area (Å²) >= 11 is 0.0250. The minimum atomic E-state index is -0.1000. The third kappa shape index (κ3) is 24.3. The van der Waals surface area contributed by atoms with E-state index >= 15 is 0 Å². The molecule has 0 aliphatic rings. The van der Waals surface area contributed by atoms with Gasteiger partial charge in [0.1, 0.15) is 0 Å². The van der Waals surface area contributed by atoms with Crippen LogP contribution in [0.3, 0.4) is 0 Å². The molecule has 0 aliphatic heterocycles. The molecule has 0 fully saturated rings. The van der Waals surface area contributed by atoms with Gasteiger partial charge in [-0.25, -0.2) is 0 Å². The van der Waals surface area contributed by atoms with Crippen LogP contribution in [0.5, 0.6) is 0 Å². The van der Waals surface area contributed by atoms with Crippen molar-refractivity contribution in [2.75, 3.05) is 0 Å². The molecule has 0 heterocycles. The first-order chi connectivity index (χ1) is 2.00. The molecule has 5 heteroatoms. The van der Waals surface area contributed by atoms with Gasteiger partial charge in [-0.2, -0.15) is 0 Å². The quantitative estimate of drug-likeness (QED) is 0.491. The molecule has 0 rings (SSSR count). The second-order valence-corrected chi connectivity index (χ2v) is 0. The van der Waals surface area contributed by atoms with Gasteiger partial charge in [0.05, 0.1) is 0 Å². The average Bonchev–Trinajstić information content (AvgIpc) is 1.50. The molecular formula is H3In2O2Zn. The molecular weight excluding hydrogens is 327 g/mol. The third-order valence-electron chi connectivity index (χ3n) is 0. The van der Waals surface area contributed by atoms with Crippen LogP contribution in [0.25, 0.3) is 0 Å². The number of rotatable bonds is 0. The van der Waals surface area contributed by atoms with Crippen molar-refractivity contribution in [1.29, 1.82) is 0 Å².